The highest BCUT2D eigenvalue weighted by Crippen LogP contribution is 2.31. The second kappa shape index (κ2) is 13.1. The van der Waals surface area contributed by atoms with Gasteiger partial charge in [-0.2, -0.15) is 0 Å². The Hall–Kier alpha value is -4.03. The number of esters is 1. The smallest absolute Gasteiger partial charge is 0.309 e. The Balaban J connectivity index is 1.24. The summed E-state index contributed by atoms with van der Waals surface area (Å²) >= 11 is 0. The van der Waals surface area contributed by atoms with Crippen LogP contribution in [0.2, 0.25) is 0 Å². The molecule has 3 atom stereocenters. The molecule has 0 aromatic heterocycles. The zero-order valence-corrected chi connectivity index (χ0v) is 24.1. The summed E-state index contributed by atoms with van der Waals surface area (Å²) in [6.45, 7) is 6.70. The first kappa shape index (κ1) is 28.5. The fourth-order valence-corrected chi connectivity index (χ4v) is 5.14. The fraction of sp³-hybridized carbons (Fsp3) is 0.343. The van der Waals surface area contributed by atoms with Gasteiger partial charge in [-0.25, -0.2) is 0 Å². The molecule has 0 saturated heterocycles. The van der Waals surface area contributed by atoms with Gasteiger partial charge in [-0.05, 0) is 81.0 Å². The van der Waals surface area contributed by atoms with Gasteiger partial charge >= 0.3 is 5.97 Å². The molecule has 41 heavy (non-hydrogen) atoms. The van der Waals surface area contributed by atoms with Gasteiger partial charge < -0.3 is 24.8 Å². The van der Waals surface area contributed by atoms with Crippen molar-refractivity contribution in [3.05, 3.63) is 120 Å². The number of rotatable bonds is 10. The number of carbonyl (C=O) groups excluding carboxylic acids is 1. The van der Waals surface area contributed by atoms with E-state index in [1.165, 1.54) is 0 Å². The van der Waals surface area contributed by atoms with Crippen LogP contribution in [-0.4, -0.2) is 23.8 Å². The van der Waals surface area contributed by atoms with E-state index in [2.05, 4.69) is 65.2 Å². The van der Waals surface area contributed by atoms with Crippen LogP contribution in [0.25, 0.3) is 5.57 Å². The minimum absolute atomic E-state index is 0.0454. The zero-order valence-electron chi connectivity index (χ0n) is 24.1. The quantitative estimate of drug-likeness (QED) is 0.259. The fourth-order valence-electron chi connectivity index (χ4n) is 5.14. The Labute approximate surface area is 243 Å². The molecular weight excluding hydrogens is 512 g/mol. The molecule has 0 bridgehead atoms. The molecule has 2 aliphatic rings. The number of ether oxygens (including phenoxy) is 3. The summed E-state index contributed by atoms with van der Waals surface area (Å²) in [5.74, 6) is 0.553. The lowest BCUT2D eigenvalue weighted by Gasteiger charge is -2.26. The summed E-state index contributed by atoms with van der Waals surface area (Å²) in [5.41, 5.74) is 4.81. The van der Waals surface area contributed by atoms with Crippen LogP contribution in [0.4, 0.5) is 5.69 Å². The van der Waals surface area contributed by atoms with Crippen molar-refractivity contribution in [2.24, 2.45) is 5.92 Å². The van der Waals surface area contributed by atoms with Gasteiger partial charge in [-0.1, -0.05) is 72.8 Å². The van der Waals surface area contributed by atoms with Crippen molar-refractivity contribution in [2.45, 2.75) is 71.1 Å². The number of allylic oxidation sites excluding steroid dienone is 2. The van der Waals surface area contributed by atoms with Crippen molar-refractivity contribution in [3.63, 3.8) is 0 Å². The van der Waals surface area contributed by atoms with Gasteiger partial charge in [-0.15, -0.1) is 0 Å². The van der Waals surface area contributed by atoms with Crippen LogP contribution in [0.3, 0.4) is 0 Å². The third kappa shape index (κ3) is 8.24. The van der Waals surface area contributed by atoms with Gasteiger partial charge in [0.1, 0.15) is 18.4 Å². The lowest BCUT2D eigenvalue weighted by atomic mass is 10.0. The van der Waals surface area contributed by atoms with Crippen LogP contribution >= 0.6 is 0 Å². The number of dihydropyridines is 1. The molecule has 214 valence electrons. The Morgan fingerprint density at radius 3 is 2.20 bits per heavy atom. The molecule has 0 spiro atoms. The second-order valence-electron chi connectivity index (χ2n) is 11.7. The first-order valence-electron chi connectivity index (χ1n) is 14.4. The molecule has 1 heterocycles. The van der Waals surface area contributed by atoms with Gasteiger partial charge in [-0.3, -0.25) is 4.79 Å². The standard InChI is InChI=1S/C35H40N2O4/c1-35(2,3)41-34(38)28-16-19-30(22-28)36-29-17-14-27(15-18-29)31-20-21-32(39-23-25-10-6-4-7-11-25)37-33(31)40-24-26-12-8-5-9-13-26/h4-15,17-18,20-21,28,30,32,36-37H,16,19,22-24H2,1-3H3. The molecular formula is C35H40N2O4. The molecule has 6 heteroatoms. The molecule has 5 rings (SSSR count). The summed E-state index contributed by atoms with van der Waals surface area (Å²) in [7, 11) is 0. The lowest BCUT2D eigenvalue weighted by Crippen LogP contribution is -2.33. The van der Waals surface area contributed by atoms with Crippen LogP contribution in [0.1, 0.15) is 56.7 Å². The van der Waals surface area contributed by atoms with E-state index in [1.807, 2.05) is 63.2 Å². The van der Waals surface area contributed by atoms with Gasteiger partial charge in [0, 0.05) is 17.3 Å². The molecule has 6 nitrogen and oxygen atoms in total. The third-order valence-electron chi connectivity index (χ3n) is 7.19. The second-order valence-corrected chi connectivity index (χ2v) is 11.7. The molecule has 3 unspecified atom stereocenters. The largest absolute Gasteiger partial charge is 0.474 e. The first-order valence-corrected chi connectivity index (χ1v) is 14.4. The van der Waals surface area contributed by atoms with Gasteiger partial charge in [0.2, 0.25) is 0 Å². The van der Waals surface area contributed by atoms with Crippen LogP contribution < -0.4 is 10.6 Å². The van der Waals surface area contributed by atoms with E-state index in [4.69, 9.17) is 14.2 Å². The van der Waals surface area contributed by atoms with E-state index < -0.39 is 5.60 Å². The highest BCUT2D eigenvalue weighted by Gasteiger charge is 2.33. The number of anilines is 1. The number of benzene rings is 3. The Bertz CT molecular complexity index is 1340. The minimum atomic E-state index is -0.451. The molecule has 3 aromatic carbocycles. The Morgan fingerprint density at radius 1 is 0.878 bits per heavy atom. The average Bonchev–Trinajstić information content (AvgIpc) is 3.44. The van der Waals surface area contributed by atoms with E-state index in [1.54, 1.807) is 0 Å². The van der Waals surface area contributed by atoms with E-state index in [0.29, 0.717) is 19.1 Å². The SMILES string of the molecule is CC(C)(C)OC(=O)C1CCC(Nc2ccc(C3=C(OCc4ccccc4)NC(OCc4ccccc4)C=C3)cc2)C1. The van der Waals surface area contributed by atoms with Gasteiger partial charge in [0.05, 0.1) is 12.5 Å². The normalized spacial score (nSPS) is 20.4. The van der Waals surface area contributed by atoms with Crippen LogP contribution in [0.5, 0.6) is 0 Å². The molecule has 1 aliphatic heterocycles. The van der Waals surface area contributed by atoms with E-state index in [0.717, 1.165) is 47.2 Å². The minimum Gasteiger partial charge on any atom is -0.474 e. The van der Waals surface area contributed by atoms with Crippen molar-refractivity contribution in [1.29, 1.82) is 0 Å². The summed E-state index contributed by atoms with van der Waals surface area (Å²) in [5, 5.41) is 7.04. The van der Waals surface area contributed by atoms with E-state index >= 15 is 0 Å². The highest BCUT2D eigenvalue weighted by atomic mass is 16.6. The van der Waals surface area contributed by atoms with Crippen molar-refractivity contribution in [3.8, 4) is 0 Å². The summed E-state index contributed by atoms with van der Waals surface area (Å²) in [6.07, 6.45) is 6.38. The molecule has 1 saturated carbocycles. The number of hydrogen-bond donors (Lipinski definition) is 2. The van der Waals surface area contributed by atoms with Crippen LogP contribution in [-0.2, 0) is 32.2 Å². The predicted octanol–water partition coefficient (Wildman–Crippen LogP) is 7.20. The van der Waals surface area contributed by atoms with Gasteiger partial charge in [0.15, 0.2) is 5.88 Å². The Kier molecular flexibility index (Phi) is 9.10. The molecule has 0 amide bonds. The van der Waals surface area contributed by atoms with Gasteiger partial charge in [0.25, 0.3) is 0 Å². The maximum absolute atomic E-state index is 12.5. The summed E-state index contributed by atoms with van der Waals surface area (Å²) in [4.78, 5) is 12.5. The van der Waals surface area contributed by atoms with Crippen LogP contribution in [0, 0.1) is 5.92 Å². The molecule has 1 fully saturated rings. The highest BCUT2D eigenvalue weighted by molar-refractivity contribution is 5.77. The first-order chi connectivity index (χ1) is 19.8. The van der Waals surface area contributed by atoms with Crippen molar-refractivity contribution < 1.29 is 19.0 Å². The molecule has 3 aromatic rings. The molecule has 0 radical (unpaired) electrons. The van der Waals surface area contributed by atoms with Crippen molar-refractivity contribution >= 4 is 17.2 Å². The summed E-state index contributed by atoms with van der Waals surface area (Å²) < 4.78 is 18.0. The maximum atomic E-state index is 12.5. The lowest BCUT2D eigenvalue weighted by molar-refractivity contribution is -0.159. The van der Waals surface area contributed by atoms with E-state index in [9.17, 15) is 4.79 Å². The number of carbonyl (C=O) groups is 1. The zero-order chi connectivity index (χ0) is 28.7. The number of hydrogen-bond acceptors (Lipinski definition) is 6. The topological polar surface area (TPSA) is 68.8 Å². The average molecular weight is 553 g/mol. The predicted molar refractivity (Wildman–Crippen MR) is 162 cm³/mol. The monoisotopic (exact) mass is 552 g/mol. The molecule has 2 N–H and O–H groups in total. The Morgan fingerprint density at radius 2 is 1.54 bits per heavy atom. The van der Waals surface area contributed by atoms with E-state index in [-0.39, 0.29) is 24.2 Å². The summed E-state index contributed by atoms with van der Waals surface area (Å²) in [6, 6.07) is 28.9. The van der Waals surface area contributed by atoms with Crippen molar-refractivity contribution in [1.82, 2.24) is 5.32 Å². The molecule has 1 aliphatic carbocycles. The van der Waals surface area contributed by atoms with Crippen molar-refractivity contribution in [2.75, 3.05) is 5.32 Å². The third-order valence-corrected chi connectivity index (χ3v) is 7.19. The van der Waals surface area contributed by atoms with Crippen LogP contribution in [0.15, 0.2) is 103 Å². The maximum Gasteiger partial charge on any atom is 0.309 e. The number of nitrogens with one attached hydrogen (secondary N) is 2.